The first-order chi connectivity index (χ1) is 18.0. The summed E-state index contributed by atoms with van der Waals surface area (Å²) in [6.45, 7) is 2.12. The number of hydrogen-bond acceptors (Lipinski definition) is 7. The van der Waals surface area contributed by atoms with Crippen molar-refractivity contribution >= 4 is 28.5 Å². The summed E-state index contributed by atoms with van der Waals surface area (Å²) in [5.41, 5.74) is 9.40. The number of piperidine rings is 1. The third-order valence-corrected chi connectivity index (χ3v) is 7.41. The SMILES string of the molecule is NC(=O)[C@@H]1CCCN1c1ccc(-c2oc3ncnc(N4CCC(O)CC4)c3c2-c2ccc(F)cc2)cc1. The molecule has 1 atom stereocenters. The highest BCUT2D eigenvalue weighted by Gasteiger charge is 2.30. The summed E-state index contributed by atoms with van der Waals surface area (Å²) in [5.74, 6) is 0.719. The van der Waals surface area contributed by atoms with Gasteiger partial charge in [0, 0.05) is 36.4 Å². The maximum atomic E-state index is 13.8. The third-order valence-electron chi connectivity index (χ3n) is 7.41. The zero-order chi connectivity index (χ0) is 25.5. The predicted octanol–water partition coefficient (Wildman–Crippen LogP) is 4.11. The molecule has 8 nitrogen and oxygen atoms in total. The van der Waals surface area contributed by atoms with Crippen LogP contribution < -0.4 is 15.5 Å². The number of furan rings is 1. The second-order valence-corrected chi connectivity index (χ2v) is 9.71. The van der Waals surface area contributed by atoms with Crippen LogP contribution in [0.3, 0.4) is 0 Å². The van der Waals surface area contributed by atoms with E-state index in [0.717, 1.165) is 53.0 Å². The lowest BCUT2D eigenvalue weighted by Gasteiger charge is -2.30. The molecule has 6 rings (SSSR count). The second kappa shape index (κ2) is 9.48. The molecular weight excluding hydrogens is 473 g/mol. The fourth-order valence-electron chi connectivity index (χ4n) is 5.51. The highest BCUT2D eigenvalue weighted by atomic mass is 19.1. The first-order valence-corrected chi connectivity index (χ1v) is 12.6. The number of primary amides is 1. The molecule has 2 aromatic heterocycles. The predicted molar refractivity (Wildman–Crippen MR) is 140 cm³/mol. The molecule has 4 aromatic rings. The summed E-state index contributed by atoms with van der Waals surface area (Å²) >= 11 is 0. The lowest BCUT2D eigenvalue weighted by atomic mass is 9.98. The van der Waals surface area contributed by atoms with Crippen LogP contribution in [0.2, 0.25) is 0 Å². The van der Waals surface area contributed by atoms with E-state index >= 15 is 0 Å². The van der Waals surface area contributed by atoms with Gasteiger partial charge in [-0.1, -0.05) is 12.1 Å². The number of aliphatic hydroxyl groups is 1. The van der Waals surface area contributed by atoms with Gasteiger partial charge < -0.3 is 25.1 Å². The van der Waals surface area contributed by atoms with Crippen molar-refractivity contribution in [2.75, 3.05) is 29.4 Å². The highest BCUT2D eigenvalue weighted by Crippen LogP contribution is 2.44. The average Bonchev–Trinajstić information content (AvgIpc) is 3.56. The standard InChI is InChI=1S/C28H28FN5O3/c29-19-7-3-17(4-8-19)23-24-27(33-14-11-21(35)12-15-33)31-16-32-28(24)37-25(23)18-5-9-20(10-6-18)34-13-1-2-22(34)26(30)36/h3-10,16,21-22,35H,1-2,11-15H2,(H2,30,36)/t22-/m0/s1. The largest absolute Gasteiger partial charge is 0.437 e. The van der Waals surface area contributed by atoms with Crippen LogP contribution in [0, 0.1) is 5.82 Å². The van der Waals surface area contributed by atoms with E-state index in [1.807, 2.05) is 29.2 Å². The van der Waals surface area contributed by atoms with Crippen molar-refractivity contribution in [1.82, 2.24) is 9.97 Å². The molecule has 4 heterocycles. The number of nitrogens with zero attached hydrogens (tertiary/aromatic N) is 4. The molecule has 0 aliphatic carbocycles. The van der Waals surface area contributed by atoms with Crippen molar-refractivity contribution < 1.29 is 18.7 Å². The number of nitrogens with two attached hydrogens (primary N) is 1. The molecule has 0 bridgehead atoms. The molecule has 2 aliphatic heterocycles. The van der Waals surface area contributed by atoms with Crippen LogP contribution in [-0.2, 0) is 4.79 Å². The number of fused-ring (bicyclic) bond motifs is 1. The third kappa shape index (κ3) is 4.29. The van der Waals surface area contributed by atoms with Crippen molar-refractivity contribution in [3.63, 3.8) is 0 Å². The van der Waals surface area contributed by atoms with Crippen molar-refractivity contribution in [2.24, 2.45) is 5.73 Å². The van der Waals surface area contributed by atoms with Crippen LogP contribution in [0.15, 0.2) is 59.3 Å². The van der Waals surface area contributed by atoms with Crippen molar-refractivity contribution in [3.8, 4) is 22.5 Å². The van der Waals surface area contributed by atoms with Gasteiger partial charge in [-0.3, -0.25) is 4.79 Å². The number of carbonyl (C=O) groups excluding carboxylic acids is 1. The summed E-state index contributed by atoms with van der Waals surface area (Å²) in [7, 11) is 0. The number of amides is 1. The van der Waals surface area contributed by atoms with Crippen molar-refractivity contribution in [2.45, 2.75) is 37.8 Å². The zero-order valence-corrected chi connectivity index (χ0v) is 20.3. The number of aromatic nitrogens is 2. The Morgan fingerprint density at radius 3 is 2.38 bits per heavy atom. The van der Waals surface area contributed by atoms with Gasteiger partial charge in [0.05, 0.1) is 11.5 Å². The summed E-state index contributed by atoms with van der Waals surface area (Å²) in [4.78, 5) is 25.1. The average molecular weight is 502 g/mol. The second-order valence-electron chi connectivity index (χ2n) is 9.71. The van der Waals surface area contributed by atoms with Gasteiger partial charge in [0.15, 0.2) is 0 Å². The lowest BCUT2D eigenvalue weighted by molar-refractivity contribution is -0.119. The smallest absolute Gasteiger partial charge is 0.240 e. The Labute approximate surface area is 213 Å². The van der Waals surface area contributed by atoms with Crippen LogP contribution in [0.4, 0.5) is 15.9 Å². The Balaban J connectivity index is 1.47. The summed E-state index contributed by atoms with van der Waals surface area (Å²) in [6, 6.07) is 13.9. The van der Waals surface area contributed by atoms with E-state index < -0.39 is 0 Å². The van der Waals surface area contributed by atoms with Crippen LogP contribution in [0.1, 0.15) is 25.7 Å². The van der Waals surface area contributed by atoms with Gasteiger partial charge in [-0.05, 0) is 67.6 Å². The lowest BCUT2D eigenvalue weighted by Crippen LogP contribution is -2.40. The molecule has 0 unspecified atom stereocenters. The van der Waals surface area contributed by atoms with Crippen LogP contribution in [0.25, 0.3) is 33.6 Å². The molecule has 37 heavy (non-hydrogen) atoms. The fourth-order valence-corrected chi connectivity index (χ4v) is 5.51. The van der Waals surface area contributed by atoms with Gasteiger partial charge in [-0.25, -0.2) is 14.4 Å². The van der Waals surface area contributed by atoms with E-state index in [0.29, 0.717) is 37.4 Å². The molecule has 2 fully saturated rings. The Morgan fingerprint density at radius 2 is 1.68 bits per heavy atom. The van der Waals surface area contributed by atoms with Crippen LogP contribution in [0.5, 0.6) is 0 Å². The number of aliphatic hydroxyl groups excluding tert-OH is 1. The zero-order valence-electron chi connectivity index (χ0n) is 20.3. The first kappa shape index (κ1) is 23.4. The molecule has 0 spiro atoms. The quantitative estimate of drug-likeness (QED) is 0.424. The van der Waals surface area contributed by atoms with Gasteiger partial charge in [0.1, 0.15) is 29.8 Å². The van der Waals surface area contributed by atoms with Crippen molar-refractivity contribution in [1.29, 1.82) is 0 Å². The molecule has 1 amide bonds. The van der Waals surface area contributed by atoms with E-state index in [1.165, 1.54) is 18.5 Å². The monoisotopic (exact) mass is 501 g/mol. The van der Waals surface area contributed by atoms with Gasteiger partial charge in [-0.15, -0.1) is 0 Å². The number of anilines is 2. The molecule has 2 saturated heterocycles. The minimum Gasteiger partial charge on any atom is -0.437 e. The maximum Gasteiger partial charge on any atom is 0.240 e. The first-order valence-electron chi connectivity index (χ1n) is 12.6. The number of carbonyl (C=O) groups is 1. The fraction of sp³-hybridized carbons (Fsp3) is 0.321. The van der Waals surface area contributed by atoms with Gasteiger partial charge >= 0.3 is 0 Å². The van der Waals surface area contributed by atoms with E-state index in [1.54, 1.807) is 12.1 Å². The molecular formula is C28H28FN5O3. The Morgan fingerprint density at radius 1 is 0.973 bits per heavy atom. The molecule has 2 aromatic carbocycles. The molecule has 0 radical (unpaired) electrons. The van der Waals surface area contributed by atoms with E-state index in [9.17, 15) is 14.3 Å². The molecule has 9 heteroatoms. The Kier molecular flexibility index (Phi) is 6.00. The Hall–Kier alpha value is -3.98. The molecule has 2 aliphatic rings. The molecule has 190 valence electrons. The van der Waals surface area contributed by atoms with Gasteiger partial charge in [0.2, 0.25) is 11.6 Å². The van der Waals surface area contributed by atoms with E-state index in [2.05, 4.69) is 14.9 Å². The normalized spacial score (nSPS) is 18.6. The minimum absolute atomic E-state index is 0.298. The minimum atomic E-state index is -0.321. The van der Waals surface area contributed by atoms with Crippen LogP contribution >= 0.6 is 0 Å². The van der Waals surface area contributed by atoms with E-state index in [-0.39, 0.29) is 23.9 Å². The molecule has 3 N–H and O–H groups in total. The number of halogens is 1. The summed E-state index contributed by atoms with van der Waals surface area (Å²) in [5, 5.41) is 10.8. The van der Waals surface area contributed by atoms with E-state index in [4.69, 9.17) is 10.2 Å². The Bertz CT molecular complexity index is 1430. The van der Waals surface area contributed by atoms with Crippen molar-refractivity contribution in [3.05, 3.63) is 60.7 Å². The topological polar surface area (TPSA) is 109 Å². The number of hydrogen-bond donors (Lipinski definition) is 2. The highest BCUT2D eigenvalue weighted by molar-refractivity contribution is 6.06. The number of rotatable bonds is 5. The molecule has 0 saturated carbocycles. The summed E-state index contributed by atoms with van der Waals surface area (Å²) < 4.78 is 20.2. The number of benzene rings is 2. The maximum absolute atomic E-state index is 13.8. The van der Waals surface area contributed by atoms with Gasteiger partial charge in [0.25, 0.3) is 0 Å². The van der Waals surface area contributed by atoms with Gasteiger partial charge in [-0.2, -0.15) is 0 Å². The summed E-state index contributed by atoms with van der Waals surface area (Å²) in [6.07, 6.45) is 4.17. The van der Waals surface area contributed by atoms with Crippen LogP contribution in [-0.4, -0.2) is 52.8 Å².